The average Bonchev–Trinajstić information content (AvgIpc) is 3.00. The Labute approximate surface area is 146 Å². The van der Waals surface area contributed by atoms with Gasteiger partial charge in [0.2, 0.25) is 0 Å². The highest BCUT2D eigenvalue weighted by atomic mass is 16.5. The quantitative estimate of drug-likeness (QED) is 0.717. The molecular formula is C19H20N4O2. The Kier molecular flexibility index (Phi) is 4.79. The van der Waals surface area contributed by atoms with E-state index in [9.17, 15) is 4.79 Å². The standard InChI is InChI=1S/C19H20N4O2/c1-12(2)16-6-4-5-7-17(16)22-19(24)14-9-15(11-20-10-14)21-18-8-13(3)25-23-18/h4-12H,1-3H3,(H,21,23)(H,22,24). The minimum absolute atomic E-state index is 0.208. The number of benzene rings is 1. The first-order valence-corrected chi connectivity index (χ1v) is 8.08. The number of carbonyl (C=O) groups excluding carboxylic acids is 1. The lowest BCUT2D eigenvalue weighted by atomic mass is 10.0. The van der Waals surface area contributed by atoms with Crippen LogP contribution in [0.4, 0.5) is 17.2 Å². The smallest absolute Gasteiger partial charge is 0.257 e. The molecule has 0 saturated heterocycles. The number of aromatic nitrogens is 2. The molecule has 3 aromatic rings. The number of hydrogen-bond donors (Lipinski definition) is 2. The maximum absolute atomic E-state index is 12.6. The highest BCUT2D eigenvalue weighted by molar-refractivity contribution is 6.05. The predicted octanol–water partition coefficient (Wildman–Crippen LogP) is 4.50. The fraction of sp³-hybridized carbons (Fsp3) is 0.211. The monoisotopic (exact) mass is 336 g/mol. The Morgan fingerprint density at radius 1 is 1.16 bits per heavy atom. The third-order valence-corrected chi connectivity index (χ3v) is 3.73. The molecule has 6 heteroatoms. The van der Waals surface area contributed by atoms with Crippen LogP contribution in [0.25, 0.3) is 0 Å². The summed E-state index contributed by atoms with van der Waals surface area (Å²) in [5.41, 5.74) is 3.03. The fourth-order valence-corrected chi connectivity index (χ4v) is 2.51. The largest absolute Gasteiger partial charge is 0.360 e. The number of amides is 1. The Bertz CT molecular complexity index is 886. The molecule has 0 aliphatic heterocycles. The number of hydrogen-bond acceptors (Lipinski definition) is 5. The number of nitrogens with one attached hydrogen (secondary N) is 2. The second-order valence-corrected chi connectivity index (χ2v) is 6.11. The minimum atomic E-state index is -0.208. The van der Waals surface area contributed by atoms with Crippen molar-refractivity contribution in [3.05, 3.63) is 65.7 Å². The number of aryl methyl sites for hydroxylation is 1. The third-order valence-electron chi connectivity index (χ3n) is 3.73. The Balaban J connectivity index is 1.78. The summed E-state index contributed by atoms with van der Waals surface area (Å²) in [4.78, 5) is 16.7. The van der Waals surface area contributed by atoms with E-state index >= 15 is 0 Å². The zero-order valence-electron chi connectivity index (χ0n) is 14.4. The number of anilines is 3. The van der Waals surface area contributed by atoms with Gasteiger partial charge in [-0.1, -0.05) is 37.2 Å². The molecule has 0 aliphatic rings. The summed E-state index contributed by atoms with van der Waals surface area (Å²) in [6.07, 6.45) is 3.16. The molecule has 0 radical (unpaired) electrons. The van der Waals surface area contributed by atoms with Crippen LogP contribution in [0.15, 0.2) is 53.3 Å². The second kappa shape index (κ2) is 7.17. The average molecular weight is 336 g/mol. The van der Waals surface area contributed by atoms with Crippen molar-refractivity contribution in [1.82, 2.24) is 10.1 Å². The number of carbonyl (C=O) groups is 1. The van der Waals surface area contributed by atoms with Gasteiger partial charge >= 0.3 is 0 Å². The van der Waals surface area contributed by atoms with Crippen molar-refractivity contribution in [3.63, 3.8) is 0 Å². The molecule has 0 bridgehead atoms. The van der Waals surface area contributed by atoms with E-state index in [1.165, 1.54) is 6.20 Å². The minimum Gasteiger partial charge on any atom is -0.360 e. The molecule has 0 aliphatic carbocycles. The summed E-state index contributed by atoms with van der Waals surface area (Å²) in [6, 6.07) is 11.3. The van der Waals surface area contributed by atoms with E-state index < -0.39 is 0 Å². The molecule has 2 heterocycles. The Morgan fingerprint density at radius 2 is 1.96 bits per heavy atom. The van der Waals surface area contributed by atoms with Crippen LogP contribution < -0.4 is 10.6 Å². The van der Waals surface area contributed by atoms with Crippen LogP contribution in [0, 0.1) is 6.92 Å². The van der Waals surface area contributed by atoms with Crippen LogP contribution in [-0.4, -0.2) is 16.0 Å². The first-order chi connectivity index (χ1) is 12.0. The zero-order valence-corrected chi connectivity index (χ0v) is 14.4. The van der Waals surface area contributed by atoms with Crippen LogP contribution in [0.1, 0.15) is 41.4 Å². The van der Waals surface area contributed by atoms with Crippen molar-refractivity contribution < 1.29 is 9.32 Å². The lowest BCUT2D eigenvalue weighted by molar-refractivity contribution is 0.102. The molecule has 128 valence electrons. The molecule has 2 aromatic heterocycles. The van der Waals surface area contributed by atoms with Crippen molar-refractivity contribution in [3.8, 4) is 0 Å². The van der Waals surface area contributed by atoms with Gasteiger partial charge in [0.1, 0.15) is 5.76 Å². The van der Waals surface area contributed by atoms with Crippen molar-refractivity contribution in [1.29, 1.82) is 0 Å². The summed E-state index contributed by atoms with van der Waals surface area (Å²) < 4.78 is 5.02. The molecule has 1 aromatic carbocycles. The lowest BCUT2D eigenvalue weighted by Crippen LogP contribution is -2.14. The van der Waals surface area contributed by atoms with Gasteiger partial charge in [-0.15, -0.1) is 0 Å². The van der Waals surface area contributed by atoms with E-state index in [1.807, 2.05) is 31.2 Å². The summed E-state index contributed by atoms with van der Waals surface area (Å²) in [6.45, 7) is 6.00. The molecule has 3 rings (SSSR count). The molecule has 0 fully saturated rings. The van der Waals surface area contributed by atoms with Crippen LogP contribution in [-0.2, 0) is 0 Å². The summed E-state index contributed by atoms with van der Waals surface area (Å²) in [5.74, 6) is 1.38. The number of rotatable bonds is 5. The van der Waals surface area contributed by atoms with Gasteiger partial charge in [-0.05, 0) is 30.5 Å². The van der Waals surface area contributed by atoms with E-state index in [0.717, 1.165) is 11.3 Å². The van der Waals surface area contributed by atoms with Crippen molar-refractivity contribution in [2.75, 3.05) is 10.6 Å². The molecule has 0 saturated carbocycles. The predicted molar refractivity (Wildman–Crippen MR) is 97.2 cm³/mol. The highest BCUT2D eigenvalue weighted by Gasteiger charge is 2.12. The van der Waals surface area contributed by atoms with Crippen LogP contribution >= 0.6 is 0 Å². The normalized spacial score (nSPS) is 10.7. The van der Waals surface area contributed by atoms with E-state index in [0.29, 0.717) is 28.7 Å². The van der Waals surface area contributed by atoms with Crippen LogP contribution in [0.5, 0.6) is 0 Å². The summed E-state index contributed by atoms with van der Waals surface area (Å²) in [5, 5.41) is 9.90. The first kappa shape index (κ1) is 16.7. The van der Waals surface area contributed by atoms with Crippen molar-refractivity contribution in [2.24, 2.45) is 0 Å². The molecular weight excluding hydrogens is 316 g/mol. The lowest BCUT2D eigenvalue weighted by Gasteiger charge is -2.13. The molecule has 1 amide bonds. The Morgan fingerprint density at radius 3 is 2.68 bits per heavy atom. The molecule has 2 N–H and O–H groups in total. The maximum Gasteiger partial charge on any atom is 0.257 e. The summed E-state index contributed by atoms with van der Waals surface area (Å²) in [7, 11) is 0. The van der Waals surface area contributed by atoms with Gasteiger partial charge in [0, 0.05) is 18.0 Å². The molecule has 0 atom stereocenters. The molecule has 25 heavy (non-hydrogen) atoms. The first-order valence-electron chi connectivity index (χ1n) is 8.08. The second-order valence-electron chi connectivity index (χ2n) is 6.11. The molecule has 0 spiro atoms. The fourth-order valence-electron chi connectivity index (χ4n) is 2.51. The van der Waals surface area contributed by atoms with Crippen LogP contribution in [0.2, 0.25) is 0 Å². The third kappa shape index (κ3) is 4.03. The van der Waals surface area contributed by atoms with Gasteiger partial charge in [-0.25, -0.2) is 0 Å². The zero-order chi connectivity index (χ0) is 17.8. The van der Waals surface area contributed by atoms with Gasteiger partial charge in [0.25, 0.3) is 5.91 Å². The van der Waals surface area contributed by atoms with E-state index in [-0.39, 0.29) is 5.91 Å². The number of para-hydroxylation sites is 1. The van der Waals surface area contributed by atoms with Gasteiger partial charge < -0.3 is 15.2 Å². The topological polar surface area (TPSA) is 80.0 Å². The summed E-state index contributed by atoms with van der Waals surface area (Å²) >= 11 is 0. The van der Waals surface area contributed by atoms with Gasteiger partial charge in [-0.2, -0.15) is 0 Å². The Hall–Kier alpha value is -3.15. The van der Waals surface area contributed by atoms with Gasteiger partial charge in [-0.3, -0.25) is 9.78 Å². The number of nitrogens with zero attached hydrogens (tertiary/aromatic N) is 2. The van der Waals surface area contributed by atoms with Crippen molar-refractivity contribution in [2.45, 2.75) is 26.7 Å². The number of pyridine rings is 1. The maximum atomic E-state index is 12.6. The van der Waals surface area contributed by atoms with E-state index in [2.05, 4.69) is 34.6 Å². The van der Waals surface area contributed by atoms with Gasteiger partial charge in [0.15, 0.2) is 5.82 Å². The van der Waals surface area contributed by atoms with Crippen molar-refractivity contribution >= 4 is 23.1 Å². The van der Waals surface area contributed by atoms with E-state index in [1.54, 1.807) is 18.3 Å². The highest BCUT2D eigenvalue weighted by Crippen LogP contribution is 2.24. The SMILES string of the molecule is Cc1cc(Nc2cncc(C(=O)Nc3ccccc3C(C)C)c2)no1. The molecule has 6 nitrogen and oxygen atoms in total. The molecule has 0 unspecified atom stereocenters. The van der Waals surface area contributed by atoms with Crippen LogP contribution in [0.3, 0.4) is 0 Å². The van der Waals surface area contributed by atoms with E-state index in [4.69, 9.17) is 4.52 Å². The van der Waals surface area contributed by atoms with Gasteiger partial charge in [0.05, 0.1) is 17.4 Å².